The van der Waals surface area contributed by atoms with Crippen LogP contribution in [0.4, 0.5) is 0 Å². The minimum atomic E-state index is -1.85. The molecule has 0 aromatic heterocycles. The molecule has 0 heterocycles. The maximum Gasteiger partial charge on any atom is 0.192 e. The van der Waals surface area contributed by atoms with Gasteiger partial charge in [0.15, 0.2) is 15.1 Å². The molecule has 4 nitrogen and oxygen atoms in total. The number of ether oxygens (including phenoxy) is 2. The Morgan fingerprint density at radius 1 is 1.22 bits per heavy atom. The van der Waals surface area contributed by atoms with E-state index in [1.165, 1.54) is 0 Å². The largest absolute Gasteiger partial charge is 0.467 e. The van der Waals surface area contributed by atoms with Crippen LogP contribution in [0.15, 0.2) is 18.2 Å². The number of hydrogen-bond donors (Lipinski definition) is 1. The van der Waals surface area contributed by atoms with Gasteiger partial charge in [-0.1, -0.05) is 39.8 Å². The van der Waals surface area contributed by atoms with Gasteiger partial charge in [0.1, 0.15) is 5.75 Å². The van der Waals surface area contributed by atoms with Gasteiger partial charge >= 0.3 is 0 Å². The van der Waals surface area contributed by atoms with Gasteiger partial charge in [-0.15, -0.1) is 0 Å². The Morgan fingerprint density at radius 3 is 2.39 bits per heavy atom. The summed E-state index contributed by atoms with van der Waals surface area (Å²) in [4.78, 5) is 0. The third-order valence-corrected chi connectivity index (χ3v) is 9.08. The van der Waals surface area contributed by atoms with Gasteiger partial charge in [-0.05, 0) is 36.2 Å². The highest BCUT2D eigenvalue weighted by molar-refractivity contribution is 6.74. The van der Waals surface area contributed by atoms with Crippen LogP contribution in [-0.2, 0) is 15.8 Å². The zero-order chi connectivity index (χ0) is 17.7. The molecule has 132 valence electrons. The molecule has 5 heteroatoms. The second kappa shape index (κ2) is 8.28. The van der Waals surface area contributed by atoms with Crippen molar-refractivity contribution >= 4 is 8.32 Å². The Kier molecular flexibility index (Phi) is 7.26. The van der Waals surface area contributed by atoms with Crippen molar-refractivity contribution in [2.75, 3.05) is 13.9 Å². The average molecular weight is 341 g/mol. The quantitative estimate of drug-likeness (QED) is 0.553. The van der Waals surface area contributed by atoms with Gasteiger partial charge in [-0.2, -0.15) is 0 Å². The lowest BCUT2D eigenvalue weighted by atomic mass is 10.00. The fourth-order valence-corrected chi connectivity index (χ4v) is 2.97. The van der Waals surface area contributed by atoms with E-state index in [0.29, 0.717) is 18.8 Å². The van der Waals surface area contributed by atoms with Crippen LogP contribution in [-0.4, -0.2) is 27.3 Å². The van der Waals surface area contributed by atoms with E-state index in [2.05, 4.69) is 33.9 Å². The van der Waals surface area contributed by atoms with Crippen molar-refractivity contribution in [3.05, 3.63) is 29.3 Å². The number of aliphatic hydroxyl groups excluding tert-OH is 1. The molecule has 1 aromatic carbocycles. The third kappa shape index (κ3) is 5.31. The molecule has 0 bridgehead atoms. The standard InChI is InChI=1S/C18H32O4Si/c1-8-15(19)17-14(10-9-11-16(17)21-13-20-5)12-22-23(6,7)18(2,3)4/h9-11,15,19H,8,12-13H2,1-7H3. The average Bonchev–Trinajstić information content (AvgIpc) is 2.49. The van der Waals surface area contributed by atoms with E-state index in [-0.39, 0.29) is 11.8 Å². The van der Waals surface area contributed by atoms with Crippen molar-refractivity contribution in [3.8, 4) is 5.75 Å². The molecule has 1 unspecified atom stereocenters. The minimum Gasteiger partial charge on any atom is -0.467 e. The summed E-state index contributed by atoms with van der Waals surface area (Å²) in [7, 11) is -0.262. The predicted octanol–water partition coefficient (Wildman–Crippen LogP) is 4.63. The summed E-state index contributed by atoms with van der Waals surface area (Å²) in [5, 5.41) is 10.6. The molecule has 0 fully saturated rings. The molecule has 0 saturated heterocycles. The molecule has 0 radical (unpaired) electrons. The summed E-state index contributed by atoms with van der Waals surface area (Å²) in [5.41, 5.74) is 1.79. The zero-order valence-corrected chi connectivity index (χ0v) is 16.6. The smallest absolute Gasteiger partial charge is 0.192 e. The molecular formula is C18H32O4Si. The van der Waals surface area contributed by atoms with Crippen LogP contribution in [0, 0.1) is 0 Å². The van der Waals surface area contributed by atoms with Crippen molar-refractivity contribution in [2.45, 2.75) is 65.0 Å². The number of benzene rings is 1. The van der Waals surface area contributed by atoms with E-state index in [1.54, 1.807) is 7.11 Å². The van der Waals surface area contributed by atoms with Crippen LogP contribution in [0.5, 0.6) is 5.75 Å². The van der Waals surface area contributed by atoms with Crippen molar-refractivity contribution in [1.29, 1.82) is 0 Å². The lowest BCUT2D eigenvalue weighted by Crippen LogP contribution is -2.40. The van der Waals surface area contributed by atoms with Gasteiger partial charge < -0.3 is 19.0 Å². The Labute approximate surface area is 141 Å². The van der Waals surface area contributed by atoms with E-state index in [0.717, 1.165) is 11.1 Å². The van der Waals surface area contributed by atoms with Crippen molar-refractivity contribution in [3.63, 3.8) is 0 Å². The maximum absolute atomic E-state index is 10.4. The van der Waals surface area contributed by atoms with Crippen molar-refractivity contribution in [2.24, 2.45) is 0 Å². The van der Waals surface area contributed by atoms with E-state index in [4.69, 9.17) is 13.9 Å². The minimum absolute atomic E-state index is 0.153. The molecule has 0 aliphatic rings. The topological polar surface area (TPSA) is 47.9 Å². The number of rotatable bonds is 8. The monoisotopic (exact) mass is 340 g/mol. The van der Waals surface area contributed by atoms with Crippen LogP contribution in [0.2, 0.25) is 18.1 Å². The highest BCUT2D eigenvalue weighted by atomic mass is 28.4. The van der Waals surface area contributed by atoms with Gasteiger partial charge in [0.2, 0.25) is 0 Å². The first kappa shape index (κ1) is 20.2. The highest BCUT2D eigenvalue weighted by Gasteiger charge is 2.37. The molecule has 0 aliphatic heterocycles. The molecule has 0 aliphatic carbocycles. The maximum atomic E-state index is 10.4. The van der Waals surface area contributed by atoms with Crippen LogP contribution in [0.1, 0.15) is 51.3 Å². The first-order valence-electron chi connectivity index (χ1n) is 8.19. The predicted molar refractivity (Wildman–Crippen MR) is 96.2 cm³/mol. The van der Waals surface area contributed by atoms with Gasteiger partial charge in [-0.25, -0.2) is 0 Å². The van der Waals surface area contributed by atoms with E-state index >= 15 is 0 Å². The Morgan fingerprint density at radius 2 is 1.87 bits per heavy atom. The van der Waals surface area contributed by atoms with E-state index < -0.39 is 14.4 Å². The van der Waals surface area contributed by atoms with Crippen molar-refractivity contribution < 1.29 is 19.0 Å². The fourth-order valence-electron chi connectivity index (χ4n) is 2.02. The number of hydrogen-bond acceptors (Lipinski definition) is 4. The van der Waals surface area contributed by atoms with Gasteiger partial charge in [0.25, 0.3) is 0 Å². The summed E-state index contributed by atoms with van der Waals surface area (Å²) >= 11 is 0. The molecular weight excluding hydrogens is 308 g/mol. The second-order valence-corrected chi connectivity index (χ2v) is 12.2. The second-order valence-electron chi connectivity index (χ2n) is 7.35. The lowest BCUT2D eigenvalue weighted by molar-refractivity contribution is 0.0475. The summed E-state index contributed by atoms with van der Waals surface area (Å²) < 4.78 is 16.9. The van der Waals surface area contributed by atoms with E-state index in [1.807, 2.05) is 25.1 Å². The van der Waals surface area contributed by atoms with Gasteiger partial charge in [0, 0.05) is 12.7 Å². The molecule has 1 aromatic rings. The van der Waals surface area contributed by atoms with E-state index in [9.17, 15) is 5.11 Å². The van der Waals surface area contributed by atoms with Crippen LogP contribution in [0.25, 0.3) is 0 Å². The van der Waals surface area contributed by atoms with Gasteiger partial charge in [0.05, 0.1) is 12.7 Å². The Bertz CT molecular complexity index is 494. The third-order valence-electron chi connectivity index (χ3n) is 4.60. The van der Waals surface area contributed by atoms with Gasteiger partial charge in [-0.3, -0.25) is 0 Å². The molecule has 23 heavy (non-hydrogen) atoms. The molecule has 0 amide bonds. The summed E-state index contributed by atoms with van der Waals surface area (Å²) in [6.45, 7) is 13.7. The molecule has 1 atom stereocenters. The van der Waals surface area contributed by atoms with Crippen molar-refractivity contribution in [1.82, 2.24) is 0 Å². The SMILES string of the molecule is CCC(O)c1c(CO[Si](C)(C)C(C)(C)C)cccc1OCOC. The first-order valence-corrected chi connectivity index (χ1v) is 11.1. The highest BCUT2D eigenvalue weighted by Crippen LogP contribution is 2.38. The number of aliphatic hydroxyl groups is 1. The zero-order valence-electron chi connectivity index (χ0n) is 15.6. The fraction of sp³-hybridized carbons (Fsp3) is 0.667. The Balaban J connectivity index is 3.06. The summed E-state index contributed by atoms with van der Waals surface area (Å²) in [5.74, 6) is 0.664. The molecule has 0 saturated carbocycles. The molecule has 1 rings (SSSR count). The van der Waals surface area contributed by atoms with Crippen LogP contribution in [0.3, 0.4) is 0 Å². The first-order chi connectivity index (χ1) is 10.6. The lowest BCUT2D eigenvalue weighted by Gasteiger charge is -2.36. The normalized spacial score (nSPS) is 13.9. The molecule has 1 N–H and O–H groups in total. The summed E-state index contributed by atoms with van der Waals surface area (Å²) in [6.07, 6.45) is 0.0570. The Hall–Kier alpha value is -0.883. The van der Waals surface area contributed by atoms with Crippen LogP contribution >= 0.6 is 0 Å². The summed E-state index contributed by atoms with van der Waals surface area (Å²) in [6, 6.07) is 5.80. The molecule has 0 spiro atoms. The van der Waals surface area contributed by atoms with Crippen LogP contribution < -0.4 is 4.74 Å². The number of methoxy groups -OCH3 is 1.